The largest absolute Gasteiger partial charge is 0.354 e. The van der Waals surface area contributed by atoms with Crippen LogP contribution in [0.3, 0.4) is 0 Å². The van der Waals surface area contributed by atoms with E-state index < -0.39 is 0 Å². The van der Waals surface area contributed by atoms with Gasteiger partial charge in [0.2, 0.25) is 5.91 Å². The average Bonchev–Trinajstić information content (AvgIpc) is 2.73. The zero-order chi connectivity index (χ0) is 12.1. The molecule has 0 aliphatic heterocycles. The van der Waals surface area contributed by atoms with E-state index in [4.69, 9.17) is 5.73 Å². The summed E-state index contributed by atoms with van der Waals surface area (Å²) >= 11 is 0. The van der Waals surface area contributed by atoms with Crippen molar-refractivity contribution >= 4 is 5.91 Å². The van der Waals surface area contributed by atoms with Crippen molar-refractivity contribution in [1.29, 1.82) is 0 Å². The fourth-order valence-corrected chi connectivity index (χ4v) is 1.51. The van der Waals surface area contributed by atoms with E-state index in [1.165, 1.54) is 0 Å². The highest BCUT2D eigenvalue weighted by atomic mass is 16.2. The van der Waals surface area contributed by atoms with Crippen molar-refractivity contribution in [2.24, 2.45) is 5.73 Å². The van der Waals surface area contributed by atoms with Gasteiger partial charge in [-0.3, -0.25) is 4.79 Å². The highest BCUT2D eigenvalue weighted by Crippen LogP contribution is 2.15. The van der Waals surface area contributed by atoms with Crippen molar-refractivity contribution in [3.8, 4) is 0 Å². The second kappa shape index (κ2) is 5.65. The van der Waals surface area contributed by atoms with E-state index in [1.54, 1.807) is 12.5 Å². The summed E-state index contributed by atoms with van der Waals surface area (Å²) in [6.07, 6.45) is 4.28. The number of carbonyl (C=O) groups excluding carboxylic acids is 1. The summed E-state index contributed by atoms with van der Waals surface area (Å²) in [5.41, 5.74) is 6.68. The van der Waals surface area contributed by atoms with Crippen LogP contribution in [0.1, 0.15) is 45.0 Å². The summed E-state index contributed by atoms with van der Waals surface area (Å²) in [5, 5.41) is 2.86. The topological polar surface area (TPSA) is 72.9 Å². The number of carbonyl (C=O) groups is 1. The lowest BCUT2D eigenvalue weighted by Gasteiger charge is -2.17. The van der Waals surface area contributed by atoms with Gasteiger partial charge in [-0.15, -0.1) is 0 Å². The van der Waals surface area contributed by atoms with Crippen molar-refractivity contribution in [3.63, 3.8) is 0 Å². The molecule has 1 heterocycles. The van der Waals surface area contributed by atoms with Crippen LogP contribution < -0.4 is 11.1 Å². The Bertz CT molecular complexity index is 346. The highest BCUT2D eigenvalue weighted by molar-refractivity contribution is 5.79. The minimum atomic E-state index is -0.268. The maximum atomic E-state index is 11.8. The molecule has 5 heteroatoms. The summed E-state index contributed by atoms with van der Waals surface area (Å²) in [6, 6.07) is -0.390. The number of nitrogens with two attached hydrogens (primary N) is 1. The normalized spacial score (nSPS) is 14.5. The van der Waals surface area contributed by atoms with E-state index in [0.29, 0.717) is 6.54 Å². The lowest BCUT2D eigenvalue weighted by Crippen LogP contribution is -2.32. The molecule has 0 aromatic carbocycles. The maximum absolute atomic E-state index is 11.8. The summed E-state index contributed by atoms with van der Waals surface area (Å²) in [7, 11) is 0. The van der Waals surface area contributed by atoms with Gasteiger partial charge in [0.05, 0.1) is 12.0 Å². The molecule has 0 bridgehead atoms. The van der Waals surface area contributed by atoms with E-state index in [1.807, 2.05) is 25.3 Å². The van der Waals surface area contributed by atoms with E-state index in [0.717, 1.165) is 12.1 Å². The van der Waals surface area contributed by atoms with Crippen LogP contribution in [0.2, 0.25) is 0 Å². The molecule has 0 saturated carbocycles. The van der Waals surface area contributed by atoms with Gasteiger partial charge in [-0.25, -0.2) is 4.98 Å². The SMILES string of the molecule is CCCNC(=O)C(C)n1cncc1[C@@H](C)N. The Kier molecular flexibility index (Phi) is 4.49. The molecule has 1 aromatic rings. The number of amides is 1. The number of nitrogens with zero attached hydrogens (tertiary/aromatic N) is 2. The molecule has 1 unspecified atom stereocenters. The van der Waals surface area contributed by atoms with Crippen LogP contribution in [0.15, 0.2) is 12.5 Å². The summed E-state index contributed by atoms with van der Waals surface area (Å²) in [5.74, 6) is 0.00162. The third-order valence-electron chi connectivity index (χ3n) is 2.51. The Balaban J connectivity index is 2.75. The average molecular weight is 224 g/mol. The van der Waals surface area contributed by atoms with Crippen LogP contribution in [-0.2, 0) is 4.79 Å². The number of nitrogens with one attached hydrogen (secondary N) is 1. The van der Waals surface area contributed by atoms with Crippen molar-refractivity contribution in [2.45, 2.75) is 39.3 Å². The molecule has 0 spiro atoms. The molecule has 1 amide bonds. The minimum Gasteiger partial charge on any atom is -0.354 e. The van der Waals surface area contributed by atoms with Gasteiger partial charge in [-0.05, 0) is 20.3 Å². The van der Waals surface area contributed by atoms with Crippen molar-refractivity contribution < 1.29 is 4.79 Å². The van der Waals surface area contributed by atoms with E-state index in [9.17, 15) is 4.79 Å². The first-order chi connectivity index (χ1) is 7.57. The van der Waals surface area contributed by atoms with Crippen LogP contribution in [0, 0.1) is 0 Å². The van der Waals surface area contributed by atoms with Gasteiger partial charge in [-0.2, -0.15) is 0 Å². The molecule has 0 aliphatic rings. The van der Waals surface area contributed by atoms with Crippen LogP contribution in [0.5, 0.6) is 0 Å². The second-order valence-electron chi connectivity index (χ2n) is 3.98. The molecule has 16 heavy (non-hydrogen) atoms. The fourth-order valence-electron chi connectivity index (χ4n) is 1.51. The number of imidazole rings is 1. The Hall–Kier alpha value is -1.36. The third-order valence-corrected chi connectivity index (χ3v) is 2.51. The van der Waals surface area contributed by atoms with Crippen molar-refractivity contribution in [2.75, 3.05) is 6.54 Å². The van der Waals surface area contributed by atoms with Gasteiger partial charge in [0.15, 0.2) is 0 Å². The fraction of sp³-hybridized carbons (Fsp3) is 0.636. The monoisotopic (exact) mass is 224 g/mol. The lowest BCUT2D eigenvalue weighted by atomic mass is 10.2. The second-order valence-corrected chi connectivity index (χ2v) is 3.98. The van der Waals surface area contributed by atoms with E-state index >= 15 is 0 Å². The molecular formula is C11H20N4O. The molecule has 90 valence electrons. The van der Waals surface area contributed by atoms with Crippen molar-refractivity contribution in [1.82, 2.24) is 14.9 Å². The molecule has 3 N–H and O–H groups in total. The smallest absolute Gasteiger partial charge is 0.242 e. The Morgan fingerprint density at radius 3 is 2.88 bits per heavy atom. The first kappa shape index (κ1) is 12.7. The number of aromatic nitrogens is 2. The molecule has 5 nitrogen and oxygen atoms in total. The standard InChI is InChI=1S/C11H20N4O/c1-4-5-14-11(16)9(3)15-7-13-6-10(15)8(2)12/h6-9H,4-5,12H2,1-3H3,(H,14,16)/t8-,9?/m1/s1. The van der Waals surface area contributed by atoms with Crippen LogP contribution in [0.25, 0.3) is 0 Å². The predicted octanol–water partition coefficient (Wildman–Crippen LogP) is 0.990. The Morgan fingerprint density at radius 1 is 1.62 bits per heavy atom. The highest BCUT2D eigenvalue weighted by Gasteiger charge is 2.18. The van der Waals surface area contributed by atoms with E-state index in [-0.39, 0.29) is 18.0 Å². The van der Waals surface area contributed by atoms with Gasteiger partial charge in [0, 0.05) is 18.8 Å². The molecule has 1 aromatic heterocycles. The molecule has 1 rings (SSSR count). The Labute approximate surface area is 96.0 Å². The summed E-state index contributed by atoms with van der Waals surface area (Å²) in [6.45, 7) is 6.45. The van der Waals surface area contributed by atoms with Crippen molar-refractivity contribution in [3.05, 3.63) is 18.2 Å². The molecular weight excluding hydrogens is 204 g/mol. The van der Waals surface area contributed by atoms with Gasteiger partial charge >= 0.3 is 0 Å². The van der Waals surface area contributed by atoms with Gasteiger partial charge in [-0.1, -0.05) is 6.92 Å². The number of rotatable bonds is 5. The maximum Gasteiger partial charge on any atom is 0.242 e. The zero-order valence-electron chi connectivity index (χ0n) is 10.1. The first-order valence-electron chi connectivity index (χ1n) is 5.63. The number of hydrogen-bond acceptors (Lipinski definition) is 3. The molecule has 0 radical (unpaired) electrons. The summed E-state index contributed by atoms with van der Waals surface area (Å²) in [4.78, 5) is 15.8. The predicted molar refractivity (Wildman–Crippen MR) is 62.8 cm³/mol. The quantitative estimate of drug-likeness (QED) is 0.783. The lowest BCUT2D eigenvalue weighted by molar-refractivity contribution is -0.123. The summed E-state index contributed by atoms with van der Waals surface area (Å²) < 4.78 is 1.82. The van der Waals surface area contributed by atoms with Crippen LogP contribution >= 0.6 is 0 Å². The van der Waals surface area contributed by atoms with Gasteiger partial charge in [0.1, 0.15) is 6.04 Å². The first-order valence-corrected chi connectivity index (χ1v) is 5.63. The molecule has 0 aliphatic carbocycles. The minimum absolute atomic E-state index is 0.00162. The van der Waals surface area contributed by atoms with Crippen LogP contribution in [-0.4, -0.2) is 22.0 Å². The zero-order valence-corrected chi connectivity index (χ0v) is 10.1. The number of hydrogen-bond donors (Lipinski definition) is 2. The Morgan fingerprint density at radius 2 is 2.31 bits per heavy atom. The third kappa shape index (κ3) is 2.82. The molecule has 2 atom stereocenters. The van der Waals surface area contributed by atoms with Gasteiger partial charge in [0.25, 0.3) is 0 Å². The van der Waals surface area contributed by atoms with Gasteiger partial charge < -0.3 is 15.6 Å². The van der Waals surface area contributed by atoms with Crippen LogP contribution in [0.4, 0.5) is 0 Å². The molecule has 0 saturated heterocycles. The van der Waals surface area contributed by atoms with E-state index in [2.05, 4.69) is 10.3 Å². The molecule has 0 fully saturated rings.